The van der Waals surface area contributed by atoms with Crippen molar-refractivity contribution in [3.8, 4) is 5.75 Å². The zero-order chi connectivity index (χ0) is 65.5. The van der Waals surface area contributed by atoms with Crippen LogP contribution in [0.2, 0.25) is 0 Å². The van der Waals surface area contributed by atoms with Crippen LogP contribution in [0, 0.1) is 0 Å². The number of nitrogens with zero attached hydrogens (tertiary/aromatic N) is 3. The van der Waals surface area contributed by atoms with Gasteiger partial charge in [0.1, 0.15) is 72.9 Å². The van der Waals surface area contributed by atoms with E-state index in [2.05, 4.69) is 32.9 Å². The van der Waals surface area contributed by atoms with E-state index in [4.69, 9.17) is 34.0 Å². The number of carbonyl (C=O) groups excluding carboxylic acids is 3. The van der Waals surface area contributed by atoms with Gasteiger partial charge in [0, 0.05) is 36.9 Å². The third kappa shape index (κ3) is 24.7. The number of amides is 3. The van der Waals surface area contributed by atoms with Gasteiger partial charge in [0.15, 0.2) is 12.6 Å². The van der Waals surface area contributed by atoms with E-state index in [0.717, 1.165) is 84.0 Å². The number of azide groups is 1. The first-order chi connectivity index (χ1) is 42.7. The first-order valence-corrected chi connectivity index (χ1v) is 31.5. The Labute approximate surface area is 519 Å². The third-order valence-corrected chi connectivity index (χ3v) is 16.2. The van der Waals surface area contributed by atoms with E-state index in [1.165, 1.54) is 63.1 Å². The summed E-state index contributed by atoms with van der Waals surface area (Å²) in [6.07, 6.45) is -5.30. The minimum atomic E-state index is -3.10. The smallest absolute Gasteiger partial charge is 0.364 e. The largest absolute Gasteiger partial charge is 0.507 e. The van der Waals surface area contributed by atoms with Crippen LogP contribution in [0.5, 0.6) is 5.75 Å². The molecule has 0 aliphatic carbocycles. The van der Waals surface area contributed by atoms with Crippen molar-refractivity contribution in [1.29, 1.82) is 0 Å². The molecule has 89 heavy (non-hydrogen) atoms. The van der Waals surface area contributed by atoms with Crippen molar-refractivity contribution in [3.05, 3.63) is 46.4 Å². The number of aromatic hydroxyl groups is 1. The Morgan fingerprint density at radius 1 is 0.775 bits per heavy atom. The lowest BCUT2D eigenvalue weighted by molar-refractivity contribution is -0.386. The Morgan fingerprint density at radius 3 is 1.94 bits per heavy atom. The third-order valence-electron chi connectivity index (χ3n) is 16.2. The van der Waals surface area contributed by atoms with Crippen molar-refractivity contribution < 1.29 is 114 Å². The van der Waals surface area contributed by atoms with Crippen LogP contribution in [0.25, 0.3) is 10.4 Å². The van der Waals surface area contributed by atoms with Crippen LogP contribution in [0.15, 0.2) is 35.5 Å². The molecule has 3 aliphatic rings. The Balaban J connectivity index is 1.34. The molecular formula is C60H100N6O23. The highest BCUT2D eigenvalue weighted by atomic mass is 16.8. The number of unbranched alkanes of at least 4 members (excludes halogenated alkanes) is 19. The number of hydrogen-bond donors (Lipinski definition) is 16. The molecule has 0 spiro atoms. The summed E-state index contributed by atoms with van der Waals surface area (Å²) in [6.45, 7) is 0.152. The number of ether oxygens (including phenoxy) is 6. The standard InChI is InChI=1S/C60H100N6O23/c1-3-4-5-6-7-8-9-10-11-13-16-19-22-25-40(71)39(64-46(75)26-23-20-17-14-12-15-18-21-24-29-62-56(81)38-28-27-37(65-66-61)30-41(38)72)35-84-57-51(79)50(78)53(45(34-69)86-57)87-58-52(80)55(49(77)44(33-68)85-58)89-60(59(82)83)31-42(73)47(63-36(2)70)54(88-60)48(76)43(74)32-67/h22,25,27-28,30,39-40,42-45,47-55,57-58,67-69,71-74,76-80H,3-21,23-24,26,29,31-35H2,1-2H3,(H,62,81)(H,63,70)(H,64,75)(H,82,83)/b25-22+/t39?,40?,42-,43+,44+,45+,47+,48+,49-,50+,51+,52+,53+,54+,55-,57+,58-,60+/m0/s1. The molecule has 0 saturated carbocycles. The molecule has 1 aromatic carbocycles. The molecule has 2 unspecified atom stereocenters. The van der Waals surface area contributed by atoms with Crippen LogP contribution in [-0.4, -0.2) is 233 Å². The molecule has 3 saturated heterocycles. The summed E-state index contributed by atoms with van der Waals surface area (Å²) in [5, 5.41) is 152. The van der Waals surface area contributed by atoms with Crippen LogP contribution in [-0.2, 0) is 42.8 Å². The molecule has 29 heteroatoms. The molecule has 18 atom stereocenters. The van der Waals surface area contributed by atoms with Crippen molar-refractivity contribution in [2.75, 3.05) is 33.0 Å². The van der Waals surface area contributed by atoms with Crippen molar-refractivity contribution in [2.24, 2.45) is 5.11 Å². The minimum absolute atomic E-state index is 0.0847. The monoisotopic (exact) mass is 1270 g/mol. The number of aliphatic carboxylic acids is 1. The van der Waals surface area contributed by atoms with Gasteiger partial charge in [-0.05, 0) is 43.3 Å². The highest BCUT2D eigenvalue weighted by Crippen LogP contribution is 2.39. The number of carboxylic acids is 1. The van der Waals surface area contributed by atoms with Gasteiger partial charge in [-0.15, -0.1) is 0 Å². The molecule has 0 aromatic heterocycles. The number of phenols is 1. The van der Waals surface area contributed by atoms with Gasteiger partial charge in [-0.1, -0.05) is 139 Å². The van der Waals surface area contributed by atoms with Crippen molar-refractivity contribution >= 4 is 29.4 Å². The van der Waals surface area contributed by atoms with Gasteiger partial charge < -0.3 is 111 Å². The van der Waals surface area contributed by atoms with Gasteiger partial charge in [0.05, 0.1) is 56.3 Å². The number of carbonyl (C=O) groups is 4. The number of hydrogen-bond acceptors (Lipinski definition) is 23. The molecule has 0 radical (unpaired) electrons. The van der Waals surface area contributed by atoms with Crippen LogP contribution < -0.4 is 16.0 Å². The summed E-state index contributed by atoms with van der Waals surface area (Å²) in [5.74, 6) is -6.97. The minimum Gasteiger partial charge on any atom is -0.507 e. The summed E-state index contributed by atoms with van der Waals surface area (Å²) in [5.41, 5.74) is 8.85. The number of phenolic OH excluding ortho intramolecular Hbond substituents is 1. The number of aliphatic hydroxyl groups excluding tert-OH is 11. The molecule has 0 bridgehead atoms. The SMILES string of the molecule is CCCCCCCCCCCCC/C=C/C(O)C(CO[C@@H]1O[C@H](CO)[C@@H](O[C@@H]2O[C@H](CO)[C@H](O)[C@H](O[C@@]3(C(=O)O)C[C@H](O)[C@@H](NC(C)=O)[C@H]([C@H](O)[C@H](O)CO)O3)[C@H]2O)[C@H](O)[C@H]1O)NC(=O)CCCCCCCCCCCNC(=O)c1ccc(N=[N+]=[N-])cc1O. The molecule has 508 valence electrons. The molecule has 3 heterocycles. The lowest BCUT2D eigenvalue weighted by Crippen LogP contribution is -2.70. The lowest BCUT2D eigenvalue weighted by atomic mass is 9.88. The predicted octanol–water partition coefficient (Wildman–Crippen LogP) is 1.88. The maximum absolute atomic E-state index is 13.4. The Bertz CT molecular complexity index is 2320. The van der Waals surface area contributed by atoms with E-state index in [0.29, 0.717) is 19.4 Å². The summed E-state index contributed by atoms with van der Waals surface area (Å²) < 4.78 is 34.6. The summed E-state index contributed by atoms with van der Waals surface area (Å²) in [4.78, 5) is 53.6. The normalized spacial score (nSPS) is 28.5. The molecular weight excluding hydrogens is 1170 g/mol. The average Bonchev–Trinajstić information content (AvgIpc) is 3.49. The van der Waals surface area contributed by atoms with Gasteiger partial charge in [0.25, 0.3) is 11.7 Å². The van der Waals surface area contributed by atoms with Gasteiger partial charge in [0.2, 0.25) is 11.8 Å². The van der Waals surface area contributed by atoms with Gasteiger partial charge in [-0.2, -0.15) is 0 Å². The number of carboxylic acid groups (broad SMARTS) is 1. The maximum Gasteiger partial charge on any atom is 0.364 e. The van der Waals surface area contributed by atoms with E-state index in [-0.39, 0.29) is 29.3 Å². The predicted molar refractivity (Wildman–Crippen MR) is 317 cm³/mol. The highest BCUT2D eigenvalue weighted by Gasteiger charge is 2.60. The number of aliphatic hydroxyl groups is 11. The number of benzene rings is 1. The molecule has 16 N–H and O–H groups in total. The summed E-state index contributed by atoms with van der Waals surface area (Å²) >= 11 is 0. The molecule has 3 amide bonds. The number of allylic oxidation sites excluding steroid dienone is 1. The fourth-order valence-electron chi connectivity index (χ4n) is 11.1. The topological polar surface area (TPSA) is 472 Å². The van der Waals surface area contributed by atoms with E-state index < -0.39 is 160 Å². The Kier molecular flexibility index (Phi) is 35.3. The first kappa shape index (κ1) is 76.7. The van der Waals surface area contributed by atoms with Crippen molar-refractivity contribution in [2.45, 2.75) is 271 Å². The number of rotatable bonds is 43. The molecule has 1 aromatic rings. The second kappa shape index (κ2) is 41.0. The average molecular weight is 1270 g/mol. The fourth-order valence-corrected chi connectivity index (χ4v) is 11.1. The van der Waals surface area contributed by atoms with Crippen LogP contribution in [0.4, 0.5) is 5.69 Å². The van der Waals surface area contributed by atoms with Crippen molar-refractivity contribution in [3.63, 3.8) is 0 Å². The zero-order valence-electron chi connectivity index (χ0n) is 51.2. The zero-order valence-corrected chi connectivity index (χ0v) is 51.2. The Hall–Kier alpha value is -4.73. The quantitative estimate of drug-likeness (QED) is 0.0146. The lowest BCUT2D eigenvalue weighted by Gasteiger charge is -2.50. The molecule has 3 aliphatic heterocycles. The van der Waals surface area contributed by atoms with Crippen LogP contribution >= 0.6 is 0 Å². The second-order valence-electron chi connectivity index (χ2n) is 23.3. The number of nitrogens with one attached hydrogen (secondary N) is 3. The molecule has 29 nitrogen and oxygen atoms in total. The Morgan fingerprint density at radius 2 is 1.37 bits per heavy atom. The van der Waals surface area contributed by atoms with Gasteiger partial charge >= 0.3 is 5.97 Å². The van der Waals surface area contributed by atoms with E-state index in [1.54, 1.807) is 6.08 Å². The maximum atomic E-state index is 13.4. The van der Waals surface area contributed by atoms with Gasteiger partial charge in [-0.3, -0.25) is 14.4 Å². The highest BCUT2D eigenvalue weighted by molar-refractivity contribution is 5.97. The van der Waals surface area contributed by atoms with Crippen molar-refractivity contribution in [1.82, 2.24) is 16.0 Å². The fraction of sp³-hybridized carbons (Fsp3) is 0.800. The first-order valence-electron chi connectivity index (χ1n) is 31.5. The van der Waals surface area contributed by atoms with Crippen LogP contribution in [0.1, 0.15) is 172 Å². The molecule has 4 rings (SSSR count). The van der Waals surface area contributed by atoms with Crippen LogP contribution in [0.3, 0.4) is 0 Å². The van der Waals surface area contributed by atoms with E-state index in [9.17, 15) is 85.6 Å². The molecule has 3 fully saturated rings. The second-order valence-corrected chi connectivity index (χ2v) is 23.3. The summed E-state index contributed by atoms with van der Waals surface area (Å²) in [7, 11) is 0. The van der Waals surface area contributed by atoms with Gasteiger partial charge in [-0.25, -0.2) is 4.79 Å². The van der Waals surface area contributed by atoms with E-state index >= 15 is 0 Å². The summed E-state index contributed by atoms with van der Waals surface area (Å²) in [6, 6.07) is 1.37. The van der Waals surface area contributed by atoms with E-state index in [1.807, 2.05) is 6.08 Å².